The number of hydrogen-bond donors (Lipinski definition) is 0. The molecular weight excluding hydrogens is 328 g/mol. The Bertz CT molecular complexity index is 420. The van der Waals surface area contributed by atoms with E-state index < -0.39 is 0 Å². The van der Waals surface area contributed by atoms with Gasteiger partial charge in [-0.3, -0.25) is 0 Å². The van der Waals surface area contributed by atoms with Gasteiger partial charge in [-0.05, 0) is 24.1 Å². The van der Waals surface area contributed by atoms with Crippen LogP contribution in [0.15, 0.2) is 18.2 Å². The van der Waals surface area contributed by atoms with Gasteiger partial charge in [-0.1, -0.05) is 67.4 Å². The molecule has 0 radical (unpaired) electrons. The molecule has 1 aromatic carbocycles. The van der Waals surface area contributed by atoms with Crippen LogP contribution in [0, 0.1) is 0 Å². The number of rotatable bonds is 8. The quantitative estimate of drug-likeness (QED) is 0.418. The Morgan fingerprint density at radius 3 is 2.52 bits per heavy atom. The Balaban J connectivity index is 1.79. The van der Waals surface area contributed by atoms with Gasteiger partial charge in [-0.15, -0.1) is 0 Å². The highest BCUT2D eigenvalue weighted by Crippen LogP contribution is 2.36. The molecule has 0 aromatic heterocycles. The van der Waals surface area contributed by atoms with E-state index in [1.807, 2.05) is 6.07 Å². The molecule has 1 heterocycles. The normalized spacial score (nSPS) is 15.5. The van der Waals surface area contributed by atoms with Gasteiger partial charge >= 0.3 is 0 Å². The summed E-state index contributed by atoms with van der Waals surface area (Å²) < 4.78 is 11.4. The number of unbranched alkanes of at least 4 members (excludes halogenated alkanes) is 5. The largest absolute Gasteiger partial charge is 0.490 e. The van der Waals surface area contributed by atoms with Crippen molar-refractivity contribution < 1.29 is 9.47 Å². The zero-order chi connectivity index (χ0) is 14.9. The van der Waals surface area contributed by atoms with Crippen LogP contribution in [-0.2, 0) is 0 Å². The minimum absolute atomic E-state index is 0.417. The van der Waals surface area contributed by atoms with Crippen LogP contribution in [0.1, 0.15) is 68.7 Å². The van der Waals surface area contributed by atoms with E-state index in [9.17, 15) is 0 Å². The van der Waals surface area contributed by atoms with E-state index >= 15 is 0 Å². The highest BCUT2D eigenvalue weighted by atomic mass is 79.9. The molecule has 0 fully saturated rings. The van der Waals surface area contributed by atoms with Crippen molar-refractivity contribution in [2.45, 2.75) is 63.1 Å². The standard InChI is InChI=1S/C18H27BrO2/c1-2-3-4-5-6-7-9-16(19)15-10-11-17-18(14-15)21-13-8-12-20-17/h10-11,14,16H,2-9,12-13H2,1H3. The van der Waals surface area contributed by atoms with Gasteiger partial charge in [0.1, 0.15) is 0 Å². The van der Waals surface area contributed by atoms with Crippen LogP contribution in [0.2, 0.25) is 0 Å². The Morgan fingerprint density at radius 1 is 1.00 bits per heavy atom. The fraction of sp³-hybridized carbons (Fsp3) is 0.667. The SMILES string of the molecule is CCCCCCCCC(Br)c1ccc2c(c1)OCCCO2. The molecule has 0 aliphatic carbocycles. The van der Waals surface area contributed by atoms with Gasteiger partial charge < -0.3 is 9.47 Å². The molecule has 0 amide bonds. The number of fused-ring (bicyclic) bond motifs is 1. The third-order valence-electron chi connectivity index (χ3n) is 3.94. The zero-order valence-corrected chi connectivity index (χ0v) is 14.7. The summed E-state index contributed by atoms with van der Waals surface area (Å²) in [5, 5.41) is 0. The molecular formula is C18H27BrO2. The summed E-state index contributed by atoms with van der Waals surface area (Å²) in [4.78, 5) is 0.417. The first-order chi connectivity index (χ1) is 10.3. The molecule has 1 atom stereocenters. The first-order valence-corrected chi connectivity index (χ1v) is 9.26. The van der Waals surface area contributed by atoms with Crippen molar-refractivity contribution in [2.75, 3.05) is 13.2 Å². The van der Waals surface area contributed by atoms with E-state index in [1.54, 1.807) is 0 Å². The molecule has 1 unspecified atom stereocenters. The maximum Gasteiger partial charge on any atom is 0.161 e. The molecule has 0 saturated heterocycles. The van der Waals surface area contributed by atoms with E-state index in [4.69, 9.17) is 9.47 Å². The van der Waals surface area contributed by atoms with Crippen LogP contribution in [0.4, 0.5) is 0 Å². The molecule has 0 bridgehead atoms. The van der Waals surface area contributed by atoms with Crippen molar-refractivity contribution in [3.05, 3.63) is 23.8 Å². The molecule has 1 aliphatic rings. The summed E-state index contributed by atoms with van der Waals surface area (Å²) in [5.41, 5.74) is 1.30. The topological polar surface area (TPSA) is 18.5 Å². The predicted molar refractivity (Wildman–Crippen MR) is 91.7 cm³/mol. The number of halogens is 1. The summed E-state index contributed by atoms with van der Waals surface area (Å²) in [6.45, 7) is 3.77. The predicted octanol–water partition coefficient (Wildman–Crippen LogP) is 6.03. The van der Waals surface area contributed by atoms with Crippen molar-refractivity contribution in [3.8, 4) is 11.5 Å². The van der Waals surface area contributed by atoms with Crippen LogP contribution < -0.4 is 9.47 Å². The lowest BCUT2D eigenvalue weighted by Crippen LogP contribution is -1.97. The second kappa shape index (κ2) is 9.34. The summed E-state index contributed by atoms with van der Waals surface area (Å²) in [5.74, 6) is 1.79. The van der Waals surface area contributed by atoms with Crippen molar-refractivity contribution in [2.24, 2.45) is 0 Å². The van der Waals surface area contributed by atoms with Crippen molar-refractivity contribution in [3.63, 3.8) is 0 Å². The van der Waals surface area contributed by atoms with Gasteiger partial charge in [0.25, 0.3) is 0 Å². The average molecular weight is 355 g/mol. The minimum atomic E-state index is 0.417. The van der Waals surface area contributed by atoms with E-state index in [0.29, 0.717) is 4.83 Å². The first kappa shape index (κ1) is 16.7. The molecule has 21 heavy (non-hydrogen) atoms. The van der Waals surface area contributed by atoms with Gasteiger partial charge in [-0.25, -0.2) is 0 Å². The fourth-order valence-electron chi connectivity index (χ4n) is 2.65. The van der Waals surface area contributed by atoms with Crippen LogP contribution >= 0.6 is 15.9 Å². The second-order valence-corrected chi connectivity index (χ2v) is 6.89. The maximum absolute atomic E-state index is 5.76. The van der Waals surface area contributed by atoms with Crippen LogP contribution in [0.5, 0.6) is 11.5 Å². The highest BCUT2D eigenvalue weighted by Gasteiger charge is 2.14. The van der Waals surface area contributed by atoms with Gasteiger partial charge in [0.15, 0.2) is 11.5 Å². The highest BCUT2D eigenvalue weighted by molar-refractivity contribution is 9.09. The first-order valence-electron chi connectivity index (χ1n) is 8.35. The Kier molecular flexibility index (Phi) is 7.42. The van der Waals surface area contributed by atoms with Gasteiger partial charge in [0.2, 0.25) is 0 Å². The molecule has 0 spiro atoms. The van der Waals surface area contributed by atoms with Crippen LogP contribution in [0.25, 0.3) is 0 Å². The number of ether oxygens (including phenoxy) is 2. The lowest BCUT2D eigenvalue weighted by molar-refractivity contribution is 0.297. The Labute approximate surface area is 137 Å². The van der Waals surface area contributed by atoms with E-state index in [2.05, 4.69) is 35.0 Å². The van der Waals surface area contributed by atoms with Crippen molar-refractivity contribution in [1.29, 1.82) is 0 Å². The molecule has 1 aliphatic heterocycles. The zero-order valence-electron chi connectivity index (χ0n) is 13.1. The third-order valence-corrected chi connectivity index (χ3v) is 4.93. The molecule has 3 heteroatoms. The third kappa shape index (κ3) is 5.54. The number of hydrogen-bond acceptors (Lipinski definition) is 2. The average Bonchev–Trinajstić information content (AvgIpc) is 2.75. The number of benzene rings is 1. The Morgan fingerprint density at radius 2 is 1.71 bits per heavy atom. The van der Waals surface area contributed by atoms with Gasteiger partial charge in [0.05, 0.1) is 13.2 Å². The fourth-order valence-corrected chi connectivity index (χ4v) is 3.25. The lowest BCUT2D eigenvalue weighted by atomic mass is 10.0. The molecule has 0 N–H and O–H groups in total. The van der Waals surface area contributed by atoms with Crippen LogP contribution in [0.3, 0.4) is 0 Å². The summed E-state index contributed by atoms with van der Waals surface area (Å²) in [6, 6.07) is 6.34. The van der Waals surface area contributed by atoms with Crippen LogP contribution in [-0.4, -0.2) is 13.2 Å². The van der Waals surface area contributed by atoms with E-state index in [-0.39, 0.29) is 0 Å². The summed E-state index contributed by atoms with van der Waals surface area (Å²) in [7, 11) is 0. The maximum atomic E-state index is 5.76. The van der Waals surface area contributed by atoms with E-state index in [1.165, 1.54) is 50.5 Å². The minimum Gasteiger partial charge on any atom is -0.490 e. The second-order valence-electron chi connectivity index (χ2n) is 5.78. The van der Waals surface area contributed by atoms with Gasteiger partial charge in [-0.2, -0.15) is 0 Å². The molecule has 1 aromatic rings. The van der Waals surface area contributed by atoms with Crippen molar-refractivity contribution in [1.82, 2.24) is 0 Å². The summed E-state index contributed by atoms with van der Waals surface area (Å²) >= 11 is 3.82. The van der Waals surface area contributed by atoms with E-state index in [0.717, 1.165) is 31.1 Å². The van der Waals surface area contributed by atoms with Gasteiger partial charge in [0, 0.05) is 11.2 Å². The molecule has 2 rings (SSSR count). The molecule has 0 saturated carbocycles. The molecule has 118 valence electrons. The Hall–Kier alpha value is -0.700. The van der Waals surface area contributed by atoms with Crippen molar-refractivity contribution >= 4 is 15.9 Å². The molecule has 2 nitrogen and oxygen atoms in total. The summed E-state index contributed by atoms with van der Waals surface area (Å²) in [6.07, 6.45) is 10.2. The number of alkyl halides is 1. The monoisotopic (exact) mass is 354 g/mol. The smallest absolute Gasteiger partial charge is 0.161 e. The lowest BCUT2D eigenvalue weighted by Gasteiger charge is -2.13.